The van der Waals surface area contributed by atoms with Crippen LogP contribution in [-0.4, -0.2) is 24.0 Å². The molecule has 0 aromatic carbocycles. The molecular weight excluding hydrogens is 226 g/mol. The molecule has 0 spiro atoms. The number of amides is 1. The third-order valence-corrected chi connectivity index (χ3v) is 3.45. The second-order valence-electron chi connectivity index (χ2n) is 5.08. The molecule has 0 radical (unpaired) electrons. The molecule has 1 saturated carbocycles. The second-order valence-corrected chi connectivity index (χ2v) is 5.08. The van der Waals surface area contributed by atoms with Gasteiger partial charge in [-0.25, -0.2) is 0 Å². The molecule has 1 fully saturated rings. The molecule has 2 N–H and O–H groups in total. The lowest BCUT2D eigenvalue weighted by atomic mass is 10.2. The summed E-state index contributed by atoms with van der Waals surface area (Å²) in [4.78, 5) is 16.3. The van der Waals surface area contributed by atoms with Crippen LogP contribution in [0.4, 0.5) is 5.69 Å². The summed E-state index contributed by atoms with van der Waals surface area (Å²) in [5, 5.41) is 6.20. The van der Waals surface area contributed by atoms with Gasteiger partial charge in [-0.05, 0) is 38.2 Å². The van der Waals surface area contributed by atoms with Crippen LogP contribution < -0.4 is 10.6 Å². The van der Waals surface area contributed by atoms with Gasteiger partial charge in [-0.1, -0.05) is 6.92 Å². The molecule has 0 saturated heterocycles. The average Bonchev–Trinajstić information content (AvgIpc) is 3.03. The first-order valence-corrected chi connectivity index (χ1v) is 6.60. The number of carbonyl (C=O) groups excluding carboxylic acids is 1. The predicted molar refractivity (Wildman–Crippen MR) is 72.7 cm³/mol. The van der Waals surface area contributed by atoms with E-state index in [1.54, 1.807) is 6.20 Å². The van der Waals surface area contributed by atoms with E-state index in [2.05, 4.69) is 22.5 Å². The summed E-state index contributed by atoms with van der Waals surface area (Å²) in [6.45, 7) is 7.73. The summed E-state index contributed by atoms with van der Waals surface area (Å²) >= 11 is 0. The number of aryl methyl sites for hydroxylation is 1. The number of rotatable bonds is 5. The van der Waals surface area contributed by atoms with Crippen LogP contribution in [0.3, 0.4) is 0 Å². The highest BCUT2D eigenvalue weighted by Crippen LogP contribution is 2.36. The molecule has 1 amide bonds. The number of carbonyl (C=O) groups is 1. The molecular formula is C14H21N3O. The van der Waals surface area contributed by atoms with Crippen LogP contribution in [0, 0.1) is 18.8 Å². The quantitative estimate of drug-likeness (QED) is 0.838. The number of hydrogen-bond donors (Lipinski definition) is 2. The van der Waals surface area contributed by atoms with Gasteiger partial charge in [-0.2, -0.15) is 0 Å². The summed E-state index contributed by atoms with van der Waals surface area (Å²) in [6.07, 6.45) is 2.88. The zero-order valence-electron chi connectivity index (χ0n) is 11.3. The molecule has 4 heteroatoms. The highest BCUT2D eigenvalue weighted by Gasteiger charge is 2.32. The normalized spacial score (nSPS) is 21.5. The van der Waals surface area contributed by atoms with Crippen LogP contribution in [-0.2, 0) is 0 Å². The highest BCUT2D eigenvalue weighted by atomic mass is 16.1. The Balaban J connectivity index is 2.03. The fourth-order valence-electron chi connectivity index (χ4n) is 2.08. The van der Waals surface area contributed by atoms with E-state index in [-0.39, 0.29) is 5.91 Å². The fraction of sp³-hybridized carbons (Fsp3) is 0.571. The lowest BCUT2D eigenvalue weighted by Crippen LogP contribution is -2.27. The number of anilines is 1. The molecule has 1 heterocycles. The minimum absolute atomic E-state index is 0.0300. The number of pyridine rings is 1. The van der Waals surface area contributed by atoms with Gasteiger partial charge >= 0.3 is 0 Å². The van der Waals surface area contributed by atoms with Crippen LogP contribution >= 0.6 is 0 Å². The van der Waals surface area contributed by atoms with Crippen molar-refractivity contribution < 1.29 is 4.79 Å². The lowest BCUT2D eigenvalue weighted by molar-refractivity contribution is 0.0952. The Kier molecular flexibility index (Phi) is 3.84. The van der Waals surface area contributed by atoms with Crippen molar-refractivity contribution in [1.82, 2.24) is 10.3 Å². The molecule has 2 rings (SSSR count). The first-order chi connectivity index (χ1) is 8.61. The SMILES string of the molecule is CCNc1cc(C)ncc1C(=O)NCC1CC1C. The van der Waals surface area contributed by atoms with Crippen LogP contribution in [0.2, 0.25) is 0 Å². The van der Waals surface area contributed by atoms with Gasteiger partial charge in [0.05, 0.1) is 11.3 Å². The topological polar surface area (TPSA) is 54.0 Å². The Morgan fingerprint density at radius 1 is 1.56 bits per heavy atom. The standard InChI is InChI=1S/C14H21N3O/c1-4-15-13-6-10(3)16-8-12(13)14(18)17-7-11-5-9(11)2/h6,8-9,11H,4-5,7H2,1-3H3,(H,15,16)(H,17,18). The largest absolute Gasteiger partial charge is 0.385 e. The van der Waals surface area contributed by atoms with Gasteiger partial charge in [-0.15, -0.1) is 0 Å². The molecule has 4 nitrogen and oxygen atoms in total. The van der Waals surface area contributed by atoms with Crippen molar-refractivity contribution in [2.24, 2.45) is 11.8 Å². The molecule has 2 unspecified atom stereocenters. The summed E-state index contributed by atoms with van der Waals surface area (Å²) in [6, 6.07) is 1.91. The van der Waals surface area contributed by atoms with Crippen molar-refractivity contribution in [2.45, 2.75) is 27.2 Å². The van der Waals surface area contributed by atoms with Crippen molar-refractivity contribution in [3.63, 3.8) is 0 Å². The van der Waals surface area contributed by atoms with E-state index >= 15 is 0 Å². The zero-order valence-corrected chi connectivity index (χ0v) is 11.3. The Morgan fingerprint density at radius 2 is 2.28 bits per heavy atom. The van der Waals surface area contributed by atoms with E-state index in [0.29, 0.717) is 11.5 Å². The van der Waals surface area contributed by atoms with Crippen LogP contribution in [0.5, 0.6) is 0 Å². The molecule has 1 aromatic heterocycles. The minimum atomic E-state index is -0.0300. The number of nitrogens with one attached hydrogen (secondary N) is 2. The highest BCUT2D eigenvalue weighted by molar-refractivity contribution is 5.99. The number of aromatic nitrogens is 1. The van der Waals surface area contributed by atoms with E-state index in [4.69, 9.17) is 0 Å². The van der Waals surface area contributed by atoms with E-state index in [0.717, 1.165) is 30.4 Å². The molecule has 1 aromatic rings. The average molecular weight is 247 g/mol. The summed E-state index contributed by atoms with van der Waals surface area (Å²) in [5.74, 6) is 1.39. The van der Waals surface area contributed by atoms with Gasteiger partial charge in [0.1, 0.15) is 0 Å². The van der Waals surface area contributed by atoms with Crippen LogP contribution in [0.25, 0.3) is 0 Å². The summed E-state index contributed by atoms with van der Waals surface area (Å²) in [7, 11) is 0. The van der Waals surface area contributed by atoms with Gasteiger partial charge in [0.15, 0.2) is 0 Å². The van der Waals surface area contributed by atoms with Crippen molar-refractivity contribution in [3.05, 3.63) is 23.5 Å². The smallest absolute Gasteiger partial charge is 0.254 e. The Morgan fingerprint density at radius 3 is 2.89 bits per heavy atom. The Hall–Kier alpha value is -1.58. The first kappa shape index (κ1) is 12.9. The molecule has 18 heavy (non-hydrogen) atoms. The summed E-state index contributed by atoms with van der Waals surface area (Å²) < 4.78 is 0. The van der Waals surface area contributed by atoms with Gasteiger partial charge < -0.3 is 10.6 Å². The van der Waals surface area contributed by atoms with E-state index in [1.807, 2.05) is 19.9 Å². The van der Waals surface area contributed by atoms with Crippen LogP contribution in [0.15, 0.2) is 12.3 Å². The third kappa shape index (κ3) is 3.00. The number of nitrogens with zero attached hydrogens (tertiary/aromatic N) is 1. The van der Waals surface area contributed by atoms with Gasteiger partial charge in [-0.3, -0.25) is 9.78 Å². The van der Waals surface area contributed by atoms with E-state index in [9.17, 15) is 4.79 Å². The summed E-state index contributed by atoms with van der Waals surface area (Å²) in [5.41, 5.74) is 2.42. The van der Waals surface area contributed by atoms with Gasteiger partial charge in [0.25, 0.3) is 5.91 Å². The molecule has 2 atom stereocenters. The molecule has 1 aliphatic rings. The first-order valence-electron chi connectivity index (χ1n) is 6.60. The van der Waals surface area contributed by atoms with E-state index < -0.39 is 0 Å². The van der Waals surface area contributed by atoms with Gasteiger partial charge in [0, 0.05) is 25.0 Å². The Bertz CT molecular complexity index is 445. The van der Waals surface area contributed by atoms with Crippen molar-refractivity contribution in [3.8, 4) is 0 Å². The van der Waals surface area contributed by atoms with Gasteiger partial charge in [0.2, 0.25) is 0 Å². The molecule has 0 aliphatic heterocycles. The van der Waals surface area contributed by atoms with E-state index in [1.165, 1.54) is 6.42 Å². The zero-order chi connectivity index (χ0) is 13.1. The fourth-order valence-corrected chi connectivity index (χ4v) is 2.08. The maximum Gasteiger partial charge on any atom is 0.254 e. The maximum atomic E-state index is 12.1. The Labute approximate surface area is 108 Å². The van der Waals surface area contributed by atoms with Crippen LogP contribution in [0.1, 0.15) is 36.3 Å². The maximum absolute atomic E-state index is 12.1. The second kappa shape index (κ2) is 5.38. The lowest BCUT2D eigenvalue weighted by Gasteiger charge is -2.11. The monoisotopic (exact) mass is 247 g/mol. The predicted octanol–water partition coefficient (Wildman–Crippen LogP) is 2.21. The molecule has 1 aliphatic carbocycles. The molecule has 98 valence electrons. The minimum Gasteiger partial charge on any atom is -0.385 e. The third-order valence-electron chi connectivity index (χ3n) is 3.45. The molecule has 0 bridgehead atoms. The number of hydrogen-bond acceptors (Lipinski definition) is 3. The van der Waals surface area contributed by atoms with Crippen molar-refractivity contribution in [2.75, 3.05) is 18.4 Å². The van der Waals surface area contributed by atoms with Crippen molar-refractivity contribution >= 4 is 11.6 Å². The van der Waals surface area contributed by atoms with Crippen molar-refractivity contribution in [1.29, 1.82) is 0 Å².